The van der Waals surface area contributed by atoms with E-state index in [0.29, 0.717) is 11.3 Å². The van der Waals surface area contributed by atoms with Crippen molar-refractivity contribution < 1.29 is 13.5 Å². The van der Waals surface area contributed by atoms with Gasteiger partial charge in [0.15, 0.2) is 0 Å². The number of nitrogens with one attached hydrogen (secondary N) is 1. The van der Waals surface area contributed by atoms with E-state index in [4.69, 9.17) is 5.11 Å². The molecule has 0 spiro atoms. The van der Waals surface area contributed by atoms with Gasteiger partial charge >= 0.3 is 0 Å². The second kappa shape index (κ2) is 6.28. The molecule has 21 heavy (non-hydrogen) atoms. The van der Waals surface area contributed by atoms with E-state index in [1.165, 1.54) is 12.1 Å². The monoisotopic (exact) mass is 305 g/mol. The van der Waals surface area contributed by atoms with E-state index >= 15 is 0 Å². The van der Waals surface area contributed by atoms with Crippen LogP contribution < -0.4 is 4.72 Å². The minimum atomic E-state index is -3.66. The molecule has 0 amide bonds. The first-order chi connectivity index (χ1) is 9.94. The summed E-state index contributed by atoms with van der Waals surface area (Å²) in [6, 6.07) is 13.6. The lowest BCUT2D eigenvalue weighted by Crippen LogP contribution is -2.14. The van der Waals surface area contributed by atoms with Crippen LogP contribution in [0.15, 0.2) is 53.4 Å². The maximum atomic E-state index is 12.5. The van der Waals surface area contributed by atoms with Crippen LogP contribution in [0.3, 0.4) is 0 Å². The van der Waals surface area contributed by atoms with Gasteiger partial charge in [0.1, 0.15) is 0 Å². The fourth-order valence-electron chi connectivity index (χ4n) is 2.11. The van der Waals surface area contributed by atoms with Crippen LogP contribution in [-0.4, -0.2) is 13.5 Å². The van der Waals surface area contributed by atoms with Crippen LogP contribution in [0.5, 0.6) is 0 Å². The predicted molar refractivity (Wildman–Crippen MR) is 83.7 cm³/mol. The van der Waals surface area contributed by atoms with E-state index in [1.807, 2.05) is 26.0 Å². The molecule has 0 saturated carbocycles. The summed E-state index contributed by atoms with van der Waals surface area (Å²) in [5.41, 5.74) is 2.09. The average molecular weight is 305 g/mol. The van der Waals surface area contributed by atoms with Crippen molar-refractivity contribution in [3.05, 3.63) is 59.7 Å². The Balaban J connectivity index is 2.38. The van der Waals surface area contributed by atoms with Crippen LogP contribution in [0.1, 0.15) is 30.9 Å². The lowest BCUT2D eigenvalue weighted by molar-refractivity contribution is 0.281. The highest BCUT2D eigenvalue weighted by Crippen LogP contribution is 2.26. The Morgan fingerprint density at radius 1 is 1.10 bits per heavy atom. The molecule has 0 aliphatic heterocycles. The van der Waals surface area contributed by atoms with Crippen molar-refractivity contribution in [2.45, 2.75) is 31.3 Å². The molecule has 0 aliphatic carbocycles. The summed E-state index contributed by atoms with van der Waals surface area (Å²) in [6.45, 7) is 3.84. The Bertz CT molecular complexity index is 724. The first-order valence-corrected chi connectivity index (χ1v) is 8.24. The maximum Gasteiger partial charge on any atom is 0.261 e. The number of para-hydroxylation sites is 1. The minimum absolute atomic E-state index is 0.146. The van der Waals surface area contributed by atoms with E-state index in [-0.39, 0.29) is 17.4 Å². The molecule has 0 atom stereocenters. The lowest BCUT2D eigenvalue weighted by Gasteiger charge is -2.15. The van der Waals surface area contributed by atoms with Crippen LogP contribution in [0.2, 0.25) is 0 Å². The highest BCUT2D eigenvalue weighted by molar-refractivity contribution is 7.92. The minimum Gasteiger partial charge on any atom is -0.392 e. The normalized spacial score (nSPS) is 11.6. The van der Waals surface area contributed by atoms with Crippen LogP contribution in [0.25, 0.3) is 0 Å². The third-order valence-corrected chi connectivity index (χ3v) is 4.58. The van der Waals surface area contributed by atoms with Gasteiger partial charge in [-0.1, -0.05) is 44.2 Å². The molecule has 0 unspecified atom stereocenters. The molecule has 2 rings (SSSR count). The van der Waals surface area contributed by atoms with Gasteiger partial charge in [0.05, 0.1) is 17.2 Å². The van der Waals surface area contributed by atoms with Crippen molar-refractivity contribution in [3.63, 3.8) is 0 Å². The number of sulfonamides is 1. The number of rotatable bonds is 5. The van der Waals surface area contributed by atoms with Gasteiger partial charge in [0, 0.05) is 0 Å². The lowest BCUT2D eigenvalue weighted by atomic mass is 10.0. The van der Waals surface area contributed by atoms with Gasteiger partial charge in [0.25, 0.3) is 10.0 Å². The molecule has 5 heteroatoms. The van der Waals surface area contributed by atoms with Crippen LogP contribution in [0.4, 0.5) is 5.69 Å². The largest absolute Gasteiger partial charge is 0.392 e. The number of aliphatic hydroxyl groups excluding tert-OH is 1. The van der Waals surface area contributed by atoms with Crippen molar-refractivity contribution in [1.29, 1.82) is 0 Å². The Morgan fingerprint density at radius 3 is 2.48 bits per heavy atom. The smallest absolute Gasteiger partial charge is 0.261 e. The molecule has 2 aromatic rings. The summed E-state index contributed by atoms with van der Waals surface area (Å²) < 4.78 is 27.5. The van der Waals surface area contributed by atoms with E-state index in [2.05, 4.69) is 4.72 Å². The van der Waals surface area contributed by atoms with Gasteiger partial charge in [-0.2, -0.15) is 0 Å². The summed E-state index contributed by atoms with van der Waals surface area (Å²) in [5, 5.41) is 9.12. The molecule has 0 heterocycles. The predicted octanol–water partition coefficient (Wildman–Crippen LogP) is 3.10. The second-order valence-corrected chi connectivity index (χ2v) is 6.84. The number of hydrogen-bond donors (Lipinski definition) is 2. The highest BCUT2D eigenvalue weighted by Gasteiger charge is 2.17. The maximum absolute atomic E-state index is 12.5. The number of aliphatic hydroxyl groups is 1. The van der Waals surface area contributed by atoms with Crippen molar-refractivity contribution in [3.8, 4) is 0 Å². The Hall–Kier alpha value is -1.85. The molecular weight excluding hydrogens is 286 g/mol. The molecule has 0 radical (unpaired) electrons. The Labute approximate surface area is 125 Å². The zero-order chi connectivity index (χ0) is 15.5. The molecule has 4 nitrogen and oxygen atoms in total. The van der Waals surface area contributed by atoms with E-state index in [9.17, 15) is 8.42 Å². The Morgan fingerprint density at radius 2 is 1.81 bits per heavy atom. The zero-order valence-corrected chi connectivity index (χ0v) is 12.9. The van der Waals surface area contributed by atoms with E-state index in [0.717, 1.165) is 5.56 Å². The average Bonchev–Trinajstić information content (AvgIpc) is 2.47. The third-order valence-electron chi connectivity index (χ3n) is 3.22. The number of anilines is 1. The van der Waals surface area contributed by atoms with Gasteiger partial charge in [-0.25, -0.2) is 8.42 Å². The molecule has 2 aromatic carbocycles. The molecule has 0 aromatic heterocycles. The first-order valence-electron chi connectivity index (χ1n) is 6.75. The summed E-state index contributed by atoms with van der Waals surface area (Å²) in [4.78, 5) is 0.146. The fourth-order valence-corrected chi connectivity index (χ4v) is 3.27. The quantitative estimate of drug-likeness (QED) is 0.892. The molecule has 0 bridgehead atoms. The summed E-state index contributed by atoms with van der Waals surface area (Å²) in [6.07, 6.45) is 0. The molecule has 2 N–H and O–H groups in total. The zero-order valence-electron chi connectivity index (χ0n) is 12.1. The van der Waals surface area contributed by atoms with E-state index in [1.54, 1.807) is 24.3 Å². The molecule has 0 fully saturated rings. The SMILES string of the molecule is CC(C)c1ccccc1NS(=O)(=O)c1cccc(CO)c1. The third kappa shape index (κ3) is 3.62. The molecule has 0 saturated heterocycles. The van der Waals surface area contributed by atoms with Crippen LogP contribution >= 0.6 is 0 Å². The van der Waals surface area contributed by atoms with Crippen molar-refractivity contribution in [1.82, 2.24) is 0 Å². The number of hydrogen-bond acceptors (Lipinski definition) is 3. The second-order valence-electron chi connectivity index (χ2n) is 5.15. The number of benzene rings is 2. The van der Waals surface area contributed by atoms with Crippen molar-refractivity contribution in [2.24, 2.45) is 0 Å². The van der Waals surface area contributed by atoms with Crippen molar-refractivity contribution >= 4 is 15.7 Å². The molecule has 0 aliphatic rings. The summed E-state index contributed by atoms with van der Waals surface area (Å²) in [5.74, 6) is 0.215. The van der Waals surface area contributed by atoms with Crippen LogP contribution in [-0.2, 0) is 16.6 Å². The molecular formula is C16H19NO3S. The van der Waals surface area contributed by atoms with Gasteiger partial charge in [-0.05, 0) is 35.2 Å². The Kier molecular flexibility index (Phi) is 4.65. The topological polar surface area (TPSA) is 66.4 Å². The van der Waals surface area contributed by atoms with Crippen molar-refractivity contribution in [2.75, 3.05) is 4.72 Å². The van der Waals surface area contributed by atoms with E-state index < -0.39 is 10.0 Å². The van der Waals surface area contributed by atoms with Gasteiger partial charge in [-0.3, -0.25) is 4.72 Å². The summed E-state index contributed by atoms with van der Waals surface area (Å²) >= 11 is 0. The van der Waals surface area contributed by atoms with Crippen LogP contribution in [0, 0.1) is 0 Å². The molecule has 112 valence electrons. The summed E-state index contributed by atoms with van der Waals surface area (Å²) in [7, 11) is -3.66. The van der Waals surface area contributed by atoms with Gasteiger partial charge in [0.2, 0.25) is 0 Å². The van der Waals surface area contributed by atoms with Gasteiger partial charge < -0.3 is 5.11 Å². The van der Waals surface area contributed by atoms with Gasteiger partial charge in [-0.15, -0.1) is 0 Å². The fraction of sp³-hybridized carbons (Fsp3) is 0.250. The first kappa shape index (κ1) is 15.5. The highest BCUT2D eigenvalue weighted by atomic mass is 32.2. The standard InChI is InChI=1S/C16H19NO3S/c1-12(2)15-8-3-4-9-16(15)17-21(19,20)14-7-5-6-13(10-14)11-18/h3-10,12,17-18H,11H2,1-2H3.